The van der Waals surface area contributed by atoms with E-state index in [1.165, 1.54) is 12.1 Å². The molecule has 1 aliphatic rings. The van der Waals surface area contributed by atoms with E-state index in [0.717, 1.165) is 37.0 Å². The second-order valence-electron chi connectivity index (χ2n) is 5.45. The van der Waals surface area contributed by atoms with Crippen LogP contribution < -0.4 is 5.32 Å². The highest BCUT2D eigenvalue weighted by molar-refractivity contribution is 9.09. The number of rotatable bonds is 4. The van der Waals surface area contributed by atoms with Crippen LogP contribution in [0.2, 0.25) is 0 Å². The van der Waals surface area contributed by atoms with Crippen LogP contribution in [-0.4, -0.2) is 21.7 Å². The van der Waals surface area contributed by atoms with Crippen molar-refractivity contribution in [1.82, 2.24) is 5.32 Å². The lowest BCUT2D eigenvalue weighted by molar-refractivity contribution is -0.380. The topological polar surface area (TPSA) is 72.2 Å². The molecule has 1 aromatic heterocycles. The summed E-state index contributed by atoms with van der Waals surface area (Å²) in [6.45, 7) is 2.22. The van der Waals surface area contributed by atoms with E-state index >= 15 is 0 Å². The first kappa shape index (κ1) is 15.4. The second kappa shape index (κ2) is 6.22. The Kier molecular flexibility index (Phi) is 4.80. The molecule has 0 atom stereocenters. The molecule has 0 spiro atoms. The third-order valence-electron chi connectivity index (χ3n) is 3.86. The Morgan fingerprint density at radius 3 is 2.70 bits per heavy atom. The molecule has 1 N–H and O–H groups in total. The Morgan fingerprint density at radius 2 is 2.20 bits per heavy atom. The minimum Gasteiger partial charge on any atom is -0.345 e. The Hall–Kier alpha value is -0.950. The Balaban J connectivity index is 2.07. The number of nitro groups is 1. The van der Waals surface area contributed by atoms with Gasteiger partial charge in [-0.15, -0.1) is 0 Å². The number of nitrogens with one attached hydrogen (secondary N) is 1. The maximum absolute atomic E-state index is 12.3. The molecule has 1 aromatic rings. The van der Waals surface area contributed by atoms with Gasteiger partial charge in [0.05, 0.1) is 15.3 Å². The van der Waals surface area contributed by atoms with E-state index in [1.54, 1.807) is 0 Å². The molecule has 7 heteroatoms. The van der Waals surface area contributed by atoms with E-state index < -0.39 is 4.92 Å². The molecule has 1 saturated carbocycles. The molecule has 1 heterocycles. The number of alkyl halides is 1. The van der Waals surface area contributed by atoms with Crippen molar-refractivity contribution in [2.45, 2.75) is 38.1 Å². The zero-order valence-electron chi connectivity index (χ0n) is 11.2. The fourth-order valence-corrected chi connectivity index (χ4v) is 3.87. The molecule has 1 aliphatic carbocycles. The van der Waals surface area contributed by atoms with E-state index in [9.17, 15) is 14.9 Å². The Bertz CT molecular complexity index is 509. The van der Waals surface area contributed by atoms with Crippen LogP contribution in [0.5, 0.6) is 0 Å². The van der Waals surface area contributed by atoms with Crippen molar-refractivity contribution in [2.24, 2.45) is 5.92 Å². The molecule has 0 unspecified atom stereocenters. The molecule has 0 saturated heterocycles. The van der Waals surface area contributed by atoms with E-state index in [-0.39, 0.29) is 16.4 Å². The first-order valence-electron chi connectivity index (χ1n) is 6.58. The normalized spacial score (nSPS) is 26.2. The van der Waals surface area contributed by atoms with E-state index in [4.69, 9.17) is 0 Å². The molecule has 110 valence electrons. The van der Waals surface area contributed by atoms with Crippen molar-refractivity contribution in [3.8, 4) is 0 Å². The van der Waals surface area contributed by atoms with E-state index in [1.807, 2.05) is 0 Å². The summed E-state index contributed by atoms with van der Waals surface area (Å²) in [7, 11) is 0. The van der Waals surface area contributed by atoms with Crippen LogP contribution in [0.4, 0.5) is 5.00 Å². The van der Waals surface area contributed by atoms with Crippen LogP contribution in [-0.2, 0) is 0 Å². The van der Waals surface area contributed by atoms with Gasteiger partial charge in [-0.2, -0.15) is 0 Å². The number of hydrogen-bond donors (Lipinski definition) is 1. The molecule has 1 amide bonds. The van der Waals surface area contributed by atoms with Crippen LogP contribution >= 0.6 is 27.3 Å². The molecule has 20 heavy (non-hydrogen) atoms. The van der Waals surface area contributed by atoms with Crippen molar-refractivity contribution in [2.75, 3.05) is 5.33 Å². The van der Waals surface area contributed by atoms with Gasteiger partial charge in [0.1, 0.15) is 0 Å². The standard InChI is InChI=1S/C13H17BrN2O3S/c1-9-4-6-13(8-14,7-5-9)15-12(17)10-2-3-11(20-10)16(18)19/h2-3,9H,4-8H2,1H3,(H,15,17). The molecule has 0 aliphatic heterocycles. The van der Waals surface area contributed by atoms with Gasteiger partial charge in [0.25, 0.3) is 5.91 Å². The van der Waals surface area contributed by atoms with Crippen LogP contribution in [0.15, 0.2) is 12.1 Å². The summed E-state index contributed by atoms with van der Waals surface area (Å²) in [5.74, 6) is 0.485. The van der Waals surface area contributed by atoms with Gasteiger partial charge < -0.3 is 5.32 Å². The lowest BCUT2D eigenvalue weighted by atomic mass is 9.78. The number of carbonyl (C=O) groups is 1. The smallest absolute Gasteiger partial charge is 0.324 e. The lowest BCUT2D eigenvalue weighted by Crippen LogP contribution is -2.51. The summed E-state index contributed by atoms with van der Waals surface area (Å²) in [5.41, 5.74) is -0.220. The third-order valence-corrected chi connectivity index (χ3v) is 5.97. The monoisotopic (exact) mass is 360 g/mol. The molecule has 0 aromatic carbocycles. The fourth-order valence-electron chi connectivity index (χ4n) is 2.46. The van der Waals surface area contributed by atoms with Gasteiger partial charge in [-0.3, -0.25) is 14.9 Å². The maximum Gasteiger partial charge on any atom is 0.324 e. The minimum atomic E-state index is -0.468. The van der Waals surface area contributed by atoms with E-state index in [2.05, 4.69) is 28.2 Å². The molecule has 1 fully saturated rings. The highest BCUT2D eigenvalue weighted by atomic mass is 79.9. The number of thiophene rings is 1. The predicted molar refractivity (Wildman–Crippen MR) is 82.6 cm³/mol. The molecule has 5 nitrogen and oxygen atoms in total. The molecular weight excluding hydrogens is 344 g/mol. The average molecular weight is 361 g/mol. The van der Waals surface area contributed by atoms with Gasteiger partial charge in [0.2, 0.25) is 0 Å². The summed E-state index contributed by atoms with van der Waals surface area (Å²) in [4.78, 5) is 22.8. The van der Waals surface area contributed by atoms with Gasteiger partial charge in [0.15, 0.2) is 0 Å². The zero-order valence-corrected chi connectivity index (χ0v) is 13.6. The van der Waals surface area contributed by atoms with Gasteiger partial charge in [0, 0.05) is 11.4 Å². The Morgan fingerprint density at radius 1 is 1.55 bits per heavy atom. The van der Waals surface area contributed by atoms with Crippen LogP contribution in [0, 0.1) is 16.0 Å². The van der Waals surface area contributed by atoms with Crippen molar-refractivity contribution in [1.29, 1.82) is 0 Å². The zero-order chi connectivity index (χ0) is 14.8. The van der Waals surface area contributed by atoms with Crippen LogP contribution in [0.3, 0.4) is 0 Å². The highest BCUT2D eigenvalue weighted by Crippen LogP contribution is 2.34. The lowest BCUT2D eigenvalue weighted by Gasteiger charge is -2.38. The summed E-state index contributed by atoms with van der Waals surface area (Å²) in [6.07, 6.45) is 4.07. The van der Waals surface area contributed by atoms with Gasteiger partial charge >= 0.3 is 5.00 Å². The highest BCUT2D eigenvalue weighted by Gasteiger charge is 2.35. The largest absolute Gasteiger partial charge is 0.345 e. The summed E-state index contributed by atoms with van der Waals surface area (Å²) in [5, 5.41) is 14.4. The number of nitrogens with zero attached hydrogens (tertiary/aromatic N) is 1. The van der Waals surface area contributed by atoms with Gasteiger partial charge in [-0.05, 0) is 37.7 Å². The summed E-state index contributed by atoms with van der Waals surface area (Å²) < 4.78 is 0. The Labute approximate surface area is 130 Å². The molecule has 0 radical (unpaired) electrons. The van der Waals surface area contributed by atoms with Gasteiger partial charge in [-0.25, -0.2) is 0 Å². The van der Waals surface area contributed by atoms with Crippen molar-refractivity contribution in [3.63, 3.8) is 0 Å². The number of carbonyl (C=O) groups excluding carboxylic acids is 1. The predicted octanol–water partition coefficient (Wildman–Crippen LogP) is 3.73. The molecular formula is C13H17BrN2O3S. The average Bonchev–Trinajstić information content (AvgIpc) is 2.92. The first-order valence-corrected chi connectivity index (χ1v) is 8.52. The summed E-state index contributed by atoms with van der Waals surface area (Å²) in [6, 6.07) is 2.90. The number of hydrogen-bond acceptors (Lipinski definition) is 4. The maximum atomic E-state index is 12.3. The molecule has 2 rings (SSSR count). The van der Waals surface area contributed by atoms with E-state index in [0.29, 0.717) is 16.1 Å². The van der Waals surface area contributed by atoms with Crippen molar-refractivity contribution >= 4 is 38.2 Å². The van der Waals surface area contributed by atoms with Gasteiger partial charge in [-0.1, -0.05) is 34.2 Å². The summed E-state index contributed by atoms with van der Waals surface area (Å²) >= 11 is 4.42. The SMILES string of the molecule is CC1CCC(CBr)(NC(=O)c2ccc([N+](=O)[O-])s2)CC1. The van der Waals surface area contributed by atoms with Crippen molar-refractivity contribution in [3.05, 3.63) is 27.1 Å². The minimum absolute atomic E-state index is 0.000286. The van der Waals surface area contributed by atoms with Crippen molar-refractivity contribution < 1.29 is 9.72 Å². The van der Waals surface area contributed by atoms with Crippen LogP contribution in [0.25, 0.3) is 0 Å². The first-order chi connectivity index (χ1) is 9.46. The second-order valence-corrected chi connectivity index (χ2v) is 7.07. The van der Waals surface area contributed by atoms with Crippen LogP contribution in [0.1, 0.15) is 42.3 Å². The fraction of sp³-hybridized carbons (Fsp3) is 0.615. The number of halogens is 1. The third kappa shape index (κ3) is 3.38. The molecule has 0 bridgehead atoms. The number of amides is 1. The quantitative estimate of drug-likeness (QED) is 0.505.